The molecule has 0 fully saturated rings. The Bertz CT molecular complexity index is 1400. The van der Waals surface area contributed by atoms with Crippen molar-refractivity contribution in [3.63, 3.8) is 0 Å². The molecule has 7 nitrogen and oxygen atoms in total. The quantitative estimate of drug-likeness (QED) is 0.302. The normalized spacial score (nSPS) is 12.6. The number of carbonyl (C=O) groups excluding carboxylic acids is 2. The zero-order valence-corrected chi connectivity index (χ0v) is 20.7. The van der Waals surface area contributed by atoms with E-state index in [1.54, 1.807) is 36.5 Å². The number of benzene rings is 3. The predicted octanol–water partition coefficient (Wildman–Crippen LogP) is 5.04. The number of aromatic nitrogens is 1. The first kappa shape index (κ1) is 25.6. The van der Waals surface area contributed by atoms with Crippen LogP contribution in [0.4, 0.5) is 5.69 Å². The Morgan fingerprint density at radius 1 is 0.865 bits per heavy atom. The van der Waals surface area contributed by atoms with E-state index < -0.39 is 17.9 Å². The average Bonchev–Trinajstić information content (AvgIpc) is 2.89. The molecular weight excluding hydrogens is 466 g/mol. The topological polar surface area (TPSA) is 108 Å². The van der Waals surface area contributed by atoms with Crippen LogP contribution in [0.15, 0.2) is 91.1 Å². The lowest BCUT2D eigenvalue weighted by atomic mass is 9.87. The highest BCUT2D eigenvalue weighted by atomic mass is 16.4. The molecule has 0 radical (unpaired) electrons. The van der Waals surface area contributed by atoms with Crippen molar-refractivity contribution < 1.29 is 19.5 Å². The number of hydrogen-bond donors (Lipinski definition) is 3. The summed E-state index contributed by atoms with van der Waals surface area (Å²) in [4.78, 5) is 42.2. The smallest absolute Gasteiger partial charge is 0.326 e. The Kier molecular flexibility index (Phi) is 7.93. The van der Waals surface area contributed by atoms with Crippen LogP contribution in [0.3, 0.4) is 0 Å². The van der Waals surface area contributed by atoms with Gasteiger partial charge in [-0.25, -0.2) is 4.79 Å². The second-order valence-corrected chi connectivity index (χ2v) is 9.26. The first-order chi connectivity index (χ1) is 17.8. The van der Waals surface area contributed by atoms with Crippen molar-refractivity contribution in [2.75, 3.05) is 5.32 Å². The van der Waals surface area contributed by atoms with Gasteiger partial charge in [0.25, 0.3) is 5.91 Å². The average molecular weight is 496 g/mol. The van der Waals surface area contributed by atoms with E-state index in [2.05, 4.69) is 15.6 Å². The molecule has 3 N–H and O–H groups in total. The summed E-state index contributed by atoms with van der Waals surface area (Å²) in [6.45, 7) is 3.88. The van der Waals surface area contributed by atoms with Crippen LogP contribution in [-0.4, -0.2) is 33.9 Å². The van der Waals surface area contributed by atoms with E-state index in [-0.39, 0.29) is 24.2 Å². The third-order valence-electron chi connectivity index (χ3n) is 6.27. The van der Waals surface area contributed by atoms with Gasteiger partial charge in [0.1, 0.15) is 6.04 Å². The van der Waals surface area contributed by atoms with Crippen LogP contribution in [0, 0.1) is 5.92 Å². The van der Waals surface area contributed by atoms with Gasteiger partial charge in [-0.2, -0.15) is 0 Å². The van der Waals surface area contributed by atoms with E-state index >= 15 is 0 Å². The van der Waals surface area contributed by atoms with E-state index in [0.29, 0.717) is 11.3 Å². The van der Waals surface area contributed by atoms with Gasteiger partial charge in [-0.3, -0.25) is 14.6 Å². The Balaban J connectivity index is 1.43. The highest BCUT2D eigenvalue weighted by molar-refractivity contribution is 6.12. The summed E-state index contributed by atoms with van der Waals surface area (Å²) in [5.41, 5.74) is 3.40. The van der Waals surface area contributed by atoms with Gasteiger partial charge in [0.15, 0.2) is 0 Å². The van der Waals surface area contributed by atoms with Crippen LogP contribution in [0.2, 0.25) is 0 Å². The molecule has 3 aromatic carbocycles. The molecule has 2 unspecified atom stereocenters. The van der Waals surface area contributed by atoms with Crippen molar-refractivity contribution in [3.8, 4) is 0 Å². The van der Waals surface area contributed by atoms with Gasteiger partial charge < -0.3 is 15.7 Å². The molecule has 1 aromatic heterocycles. The van der Waals surface area contributed by atoms with E-state index in [4.69, 9.17) is 0 Å². The van der Waals surface area contributed by atoms with Gasteiger partial charge in [-0.05, 0) is 41.3 Å². The SMILES string of the molecule is CC(C)C(C(=O)NC(Cc1ccc(NC(=O)c2ccnc3ccccc23)cc1)C(=O)O)c1ccccc1. The second-order valence-electron chi connectivity index (χ2n) is 9.26. The number of carboxylic acid groups (broad SMARTS) is 1. The number of carbonyl (C=O) groups is 3. The standard InChI is InChI=1S/C30H29N3O4/c1-19(2)27(21-8-4-3-5-9-21)29(35)33-26(30(36)37)18-20-12-14-22(15-13-20)32-28(34)24-16-17-31-25-11-7-6-10-23(24)25/h3-17,19,26-27H,18H2,1-2H3,(H,32,34)(H,33,35)(H,36,37). The molecule has 0 saturated heterocycles. The zero-order chi connectivity index (χ0) is 26.4. The lowest BCUT2D eigenvalue weighted by molar-refractivity contribution is -0.142. The number of pyridine rings is 1. The summed E-state index contributed by atoms with van der Waals surface area (Å²) in [6.07, 6.45) is 1.71. The van der Waals surface area contributed by atoms with E-state index in [0.717, 1.165) is 22.0 Å². The van der Waals surface area contributed by atoms with Crippen molar-refractivity contribution in [2.24, 2.45) is 5.92 Å². The molecule has 2 atom stereocenters. The van der Waals surface area contributed by atoms with Crippen LogP contribution >= 0.6 is 0 Å². The van der Waals surface area contributed by atoms with Gasteiger partial charge in [-0.1, -0.05) is 74.5 Å². The Morgan fingerprint density at radius 3 is 2.22 bits per heavy atom. The molecule has 0 aliphatic rings. The Morgan fingerprint density at radius 2 is 1.54 bits per heavy atom. The Labute approximate surface area is 215 Å². The number of nitrogens with one attached hydrogen (secondary N) is 2. The van der Waals surface area contributed by atoms with Crippen molar-refractivity contribution in [3.05, 3.63) is 108 Å². The highest BCUT2D eigenvalue weighted by Gasteiger charge is 2.28. The maximum atomic E-state index is 13.1. The molecular formula is C30H29N3O4. The minimum atomic E-state index is -1.11. The summed E-state index contributed by atoms with van der Waals surface area (Å²) in [6, 6.07) is 24.3. The fourth-order valence-corrected chi connectivity index (χ4v) is 4.41. The number of nitrogens with zero attached hydrogens (tertiary/aromatic N) is 1. The van der Waals surface area contributed by atoms with Gasteiger partial charge in [0.2, 0.25) is 5.91 Å². The fourth-order valence-electron chi connectivity index (χ4n) is 4.41. The first-order valence-electron chi connectivity index (χ1n) is 12.2. The van der Waals surface area contributed by atoms with Gasteiger partial charge in [0.05, 0.1) is 17.0 Å². The maximum Gasteiger partial charge on any atom is 0.326 e. The van der Waals surface area contributed by atoms with Crippen molar-refractivity contribution >= 4 is 34.4 Å². The molecule has 2 amide bonds. The molecule has 0 spiro atoms. The number of aliphatic carboxylic acids is 1. The number of anilines is 1. The van der Waals surface area contributed by atoms with E-state index in [9.17, 15) is 19.5 Å². The number of rotatable bonds is 9. The number of fused-ring (bicyclic) bond motifs is 1. The van der Waals surface area contributed by atoms with E-state index in [1.165, 1.54) is 0 Å². The van der Waals surface area contributed by atoms with Crippen LogP contribution < -0.4 is 10.6 Å². The zero-order valence-electron chi connectivity index (χ0n) is 20.7. The molecule has 7 heteroatoms. The largest absolute Gasteiger partial charge is 0.480 e. The second kappa shape index (κ2) is 11.5. The van der Waals surface area contributed by atoms with Crippen LogP contribution in [-0.2, 0) is 16.0 Å². The van der Waals surface area contributed by atoms with Gasteiger partial charge >= 0.3 is 5.97 Å². The van der Waals surface area contributed by atoms with Crippen LogP contribution in [0.25, 0.3) is 10.9 Å². The third-order valence-corrected chi connectivity index (χ3v) is 6.27. The number of para-hydroxylation sites is 1. The third kappa shape index (κ3) is 6.19. The first-order valence-corrected chi connectivity index (χ1v) is 12.2. The van der Waals surface area contributed by atoms with Crippen molar-refractivity contribution in [1.29, 1.82) is 0 Å². The number of carboxylic acids is 1. The summed E-state index contributed by atoms with van der Waals surface area (Å²) in [5, 5.41) is 16.1. The molecule has 0 aliphatic carbocycles. The maximum absolute atomic E-state index is 13.1. The molecule has 37 heavy (non-hydrogen) atoms. The van der Waals surface area contributed by atoms with Crippen LogP contribution in [0.1, 0.15) is 41.3 Å². The van der Waals surface area contributed by atoms with Crippen molar-refractivity contribution in [2.45, 2.75) is 32.2 Å². The lowest BCUT2D eigenvalue weighted by Crippen LogP contribution is -2.45. The van der Waals surface area contributed by atoms with Gasteiger partial charge in [-0.15, -0.1) is 0 Å². The summed E-state index contributed by atoms with van der Waals surface area (Å²) in [7, 11) is 0. The molecule has 188 valence electrons. The minimum absolute atomic E-state index is 0.00254. The van der Waals surface area contributed by atoms with Crippen molar-refractivity contribution in [1.82, 2.24) is 10.3 Å². The molecule has 1 heterocycles. The minimum Gasteiger partial charge on any atom is -0.480 e. The van der Waals surface area contributed by atoms with E-state index in [1.807, 2.05) is 68.4 Å². The number of amides is 2. The molecule has 4 rings (SSSR count). The molecule has 0 saturated carbocycles. The number of hydrogen-bond acceptors (Lipinski definition) is 4. The van der Waals surface area contributed by atoms with Gasteiger partial charge in [0, 0.05) is 23.7 Å². The molecule has 4 aromatic rings. The molecule has 0 bridgehead atoms. The summed E-state index contributed by atoms with van der Waals surface area (Å²) >= 11 is 0. The Hall–Kier alpha value is -4.52. The highest BCUT2D eigenvalue weighted by Crippen LogP contribution is 2.25. The lowest BCUT2D eigenvalue weighted by Gasteiger charge is -2.23. The summed E-state index contributed by atoms with van der Waals surface area (Å²) in [5.74, 6) is -2.14. The fraction of sp³-hybridized carbons (Fsp3) is 0.200. The predicted molar refractivity (Wildman–Crippen MR) is 143 cm³/mol. The molecule has 0 aliphatic heterocycles. The van der Waals surface area contributed by atoms with Crippen LogP contribution in [0.5, 0.6) is 0 Å². The summed E-state index contributed by atoms with van der Waals surface area (Å²) < 4.78 is 0. The monoisotopic (exact) mass is 495 g/mol.